The highest BCUT2D eigenvalue weighted by atomic mass is 16.4. The van der Waals surface area contributed by atoms with Crippen molar-refractivity contribution in [3.05, 3.63) is 0 Å². The van der Waals surface area contributed by atoms with Crippen molar-refractivity contribution in [3.63, 3.8) is 0 Å². The molecule has 1 fully saturated rings. The minimum atomic E-state index is -0.561. The fraction of sp³-hybridized carbons (Fsp3) is 0.923. The lowest BCUT2D eigenvalue weighted by Crippen LogP contribution is -2.28. The van der Waals surface area contributed by atoms with E-state index in [1.54, 1.807) is 0 Å². The molecule has 0 aromatic rings. The van der Waals surface area contributed by atoms with Crippen LogP contribution in [0.2, 0.25) is 0 Å². The smallest absolute Gasteiger partial charge is 0.306 e. The summed E-state index contributed by atoms with van der Waals surface area (Å²) in [6.45, 7) is 4.38. The van der Waals surface area contributed by atoms with Crippen LogP contribution in [-0.2, 0) is 4.79 Å². The standard InChI is InChI=1S/C13H24O2/c1-3-10(4-2)11-8-6-5-7-9-12(11)13(14)15/h10-12H,3-9H2,1-2H3,(H,14,15). The van der Waals surface area contributed by atoms with Gasteiger partial charge in [-0.3, -0.25) is 4.79 Å². The van der Waals surface area contributed by atoms with Gasteiger partial charge in [-0.2, -0.15) is 0 Å². The van der Waals surface area contributed by atoms with Crippen molar-refractivity contribution in [2.75, 3.05) is 0 Å². The third-order valence-corrected chi connectivity index (χ3v) is 4.04. The molecule has 1 aliphatic carbocycles. The minimum absolute atomic E-state index is 0.0719. The molecule has 0 amide bonds. The lowest BCUT2D eigenvalue weighted by Gasteiger charge is -2.28. The van der Waals surface area contributed by atoms with Crippen molar-refractivity contribution in [1.29, 1.82) is 0 Å². The Morgan fingerprint density at radius 1 is 1.20 bits per heavy atom. The van der Waals surface area contributed by atoms with Crippen LogP contribution in [0.3, 0.4) is 0 Å². The predicted molar refractivity (Wildman–Crippen MR) is 61.8 cm³/mol. The van der Waals surface area contributed by atoms with Crippen molar-refractivity contribution < 1.29 is 9.90 Å². The molecule has 2 heteroatoms. The van der Waals surface area contributed by atoms with E-state index in [2.05, 4.69) is 13.8 Å². The van der Waals surface area contributed by atoms with Crippen molar-refractivity contribution in [1.82, 2.24) is 0 Å². The van der Waals surface area contributed by atoms with Gasteiger partial charge in [0, 0.05) is 0 Å². The Balaban J connectivity index is 2.73. The van der Waals surface area contributed by atoms with E-state index < -0.39 is 5.97 Å². The Kier molecular flexibility index (Phi) is 5.13. The van der Waals surface area contributed by atoms with E-state index >= 15 is 0 Å². The Labute approximate surface area is 93.1 Å². The van der Waals surface area contributed by atoms with Crippen LogP contribution < -0.4 is 0 Å². The second-order valence-corrected chi connectivity index (χ2v) is 4.82. The third-order valence-electron chi connectivity index (χ3n) is 4.04. The van der Waals surface area contributed by atoms with Crippen LogP contribution in [0.4, 0.5) is 0 Å². The maximum absolute atomic E-state index is 11.3. The van der Waals surface area contributed by atoms with Crippen molar-refractivity contribution in [2.24, 2.45) is 17.8 Å². The summed E-state index contributed by atoms with van der Waals surface area (Å²) in [5.74, 6) is 0.412. The van der Waals surface area contributed by atoms with Crippen molar-refractivity contribution in [2.45, 2.75) is 58.8 Å². The molecule has 2 nitrogen and oxygen atoms in total. The molecule has 1 aliphatic rings. The number of carboxylic acids is 1. The molecule has 0 aliphatic heterocycles. The maximum Gasteiger partial charge on any atom is 0.306 e. The molecule has 88 valence electrons. The van der Waals surface area contributed by atoms with Gasteiger partial charge in [0.05, 0.1) is 5.92 Å². The summed E-state index contributed by atoms with van der Waals surface area (Å²) < 4.78 is 0. The van der Waals surface area contributed by atoms with Crippen LogP contribution in [0.25, 0.3) is 0 Å². The lowest BCUT2D eigenvalue weighted by molar-refractivity contribution is -0.144. The monoisotopic (exact) mass is 212 g/mol. The Hall–Kier alpha value is -0.530. The molecule has 0 aromatic carbocycles. The summed E-state index contributed by atoms with van der Waals surface area (Å²) >= 11 is 0. The Morgan fingerprint density at radius 3 is 2.33 bits per heavy atom. The topological polar surface area (TPSA) is 37.3 Å². The molecule has 1 N–H and O–H groups in total. The molecule has 0 radical (unpaired) electrons. The number of carbonyl (C=O) groups is 1. The average molecular weight is 212 g/mol. The second kappa shape index (κ2) is 6.14. The molecule has 15 heavy (non-hydrogen) atoms. The molecular formula is C13H24O2. The molecule has 2 unspecified atom stereocenters. The molecule has 1 saturated carbocycles. The van der Waals surface area contributed by atoms with Crippen molar-refractivity contribution in [3.8, 4) is 0 Å². The predicted octanol–water partition coefficient (Wildman–Crippen LogP) is 3.70. The zero-order chi connectivity index (χ0) is 11.3. The van der Waals surface area contributed by atoms with Gasteiger partial charge in [-0.25, -0.2) is 0 Å². The molecule has 0 bridgehead atoms. The van der Waals surface area contributed by atoms with Gasteiger partial charge in [0.2, 0.25) is 0 Å². The average Bonchev–Trinajstić information content (AvgIpc) is 2.45. The molecule has 0 spiro atoms. The first-order valence-corrected chi connectivity index (χ1v) is 6.43. The van der Waals surface area contributed by atoms with E-state index in [1.807, 2.05) is 0 Å². The molecule has 2 atom stereocenters. The zero-order valence-corrected chi connectivity index (χ0v) is 10.0. The van der Waals surface area contributed by atoms with Gasteiger partial charge in [-0.05, 0) is 24.7 Å². The van der Waals surface area contributed by atoms with E-state index in [4.69, 9.17) is 0 Å². The van der Waals surface area contributed by atoms with Crippen LogP contribution in [0.1, 0.15) is 58.8 Å². The third kappa shape index (κ3) is 3.22. The molecule has 1 rings (SSSR count). The first-order valence-electron chi connectivity index (χ1n) is 6.43. The number of carboxylic acid groups (broad SMARTS) is 1. The quantitative estimate of drug-likeness (QED) is 0.721. The van der Waals surface area contributed by atoms with E-state index in [9.17, 15) is 9.90 Å². The number of hydrogen-bond donors (Lipinski definition) is 1. The van der Waals surface area contributed by atoms with E-state index in [0.29, 0.717) is 11.8 Å². The highest BCUT2D eigenvalue weighted by Crippen LogP contribution is 2.37. The summed E-state index contributed by atoms with van der Waals surface area (Å²) in [6.07, 6.45) is 7.84. The van der Waals surface area contributed by atoms with Crippen LogP contribution in [0.15, 0.2) is 0 Å². The van der Waals surface area contributed by atoms with Gasteiger partial charge in [-0.1, -0.05) is 46.0 Å². The van der Waals surface area contributed by atoms with Gasteiger partial charge >= 0.3 is 5.97 Å². The fourth-order valence-corrected chi connectivity index (χ4v) is 3.10. The first kappa shape index (κ1) is 12.5. The zero-order valence-electron chi connectivity index (χ0n) is 10.0. The van der Waals surface area contributed by atoms with Gasteiger partial charge in [0.1, 0.15) is 0 Å². The minimum Gasteiger partial charge on any atom is -0.481 e. The van der Waals surface area contributed by atoms with Gasteiger partial charge in [-0.15, -0.1) is 0 Å². The number of rotatable bonds is 4. The molecule has 0 aromatic heterocycles. The largest absolute Gasteiger partial charge is 0.481 e. The summed E-state index contributed by atoms with van der Waals surface area (Å²) in [6, 6.07) is 0. The summed E-state index contributed by atoms with van der Waals surface area (Å²) in [5, 5.41) is 9.27. The van der Waals surface area contributed by atoms with Crippen molar-refractivity contribution >= 4 is 5.97 Å². The Bertz CT molecular complexity index is 197. The van der Waals surface area contributed by atoms with Crippen LogP contribution >= 0.6 is 0 Å². The second-order valence-electron chi connectivity index (χ2n) is 4.82. The van der Waals surface area contributed by atoms with Crippen LogP contribution in [0.5, 0.6) is 0 Å². The van der Waals surface area contributed by atoms with E-state index in [0.717, 1.165) is 32.1 Å². The normalized spacial score (nSPS) is 27.7. The lowest BCUT2D eigenvalue weighted by atomic mass is 9.76. The summed E-state index contributed by atoms with van der Waals surface area (Å²) in [5.41, 5.74) is 0. The SMILES string of the molecule is CCC(CC)C1CCCCCC1C(=O)O. The number of aliphatic carboxylic acids is 1. The molecule has 0 saturated heterocycles. The summed E-state index contributed by atoms with van der Waals surface area (Å²) in [7, 11) is 0. The number of hydrogen-bond acceptors (Lipinski definition) is 1. The highest BCUT2D eigenvalue weighted by Gasteiger charge is 2.33. The Morgan fingerprint density at radius 2 is 1.80 bits per heavy atom. The van der Waals surface area contributed by atoms with E-state index in [-0.39, 0.29) is 5.92 Å². The van der Waals surface area contributed by atoms with Gasteiger partial charge < -0.3 is 5.11 Å². The maximum atomic E-state index is 11.3. The van der Waals surface area contributed by atoms with Gasteiger partial charge in [0.15, 0.2) is 0 Å². The van der Waals surface area contributed by atoms with Gasteiger partial charge in [0.25, 0.3) is 0 Å². The van der Waals surface area contributed by atoms with E-state index in [1.165, 1.54) is 12.8 Å². The summed E-state index contributed by atoms with van der Waals surface area (Å²) in [4.78, 5) is 11.3. The van der Waals surface area contributed by atoms with Crippen LogP contribution in [-0.4, -0.2) is 11.1 Å². The molecular weight excluding hydrogens is 188 g/mol. The highest BCUT2D eigenvalue weighted by molar-refractivity contribution is 5.70. The first-order chi connectivity index (χ1) is 7.20. The molecule has 0 heterocycles. The van der Waals surface area contributed by atoms with Crippen LogP contribution in [0, 0.1) is 17.8 Å². The fourth-order valence-electron chi connectivity index (χ4n) is 3.10.